The first-order valence-electron chi connectivity index (χ1n) is 5.56. The summed E-state index contributed by atoms with van der Waals surface area (Å²) in [5.74, 6) is 0. The molecule has 1 aromatic heterocycles. The van der Waals surface area contributed by atoms with Crippen LogP contribution in [0.1, 0.15) is 51.0 Å². The van der Waals surface area contributed by atoms with Gasteiger partial charge >= 0.3 is 0 Å². The van der Waals surface area contributed by atoms with Crippen LogP contribution in [-0.2, 0) is 6.42 Å². The fourth-order valence-corrected chi connectivity index (χ4v) is 3.04. The second kappa shape index (κ2) is 7.69. The second-order valence-corrected chi connectivity index (χ2v) is 6.58. The Morgan fingerprint density at radius 2 is 1.86 bits per heavy atom. The number of rotatable bonds is 7. The van der Waals surface area contributed by atoms with Crippen LogP contribution in [0.25, 0.3) is 0 Å². The molecule has 1 heterocycles. The summed E-state index contributed by atoms with van der Waals surface area (Å²) in [7, 11) is 0. The Morgan fingerprint density at radius 1 is 1.14 bits per heavy atom. The molecule has 0 spiro atoms. The van der Waals surface area contributed by atoms with Crippen LogP contribution in [0.4, 0.5) is 0 Å². The molecule has 0 nitrogen and oxygen atoms in total. The van der Waals surface area contributed by atoms with E-state index in [9.17, 15) is 0 Å². The summed E-state index contributed by atoms with van der Waals surface area (Å²) in [6, 6.07) is 2.32. The van der Waals surface area contributed by atoms with Crippen molar-refractivity contribution in [3.05, 3.63) is 19.9 Å². The van der Waals surface area contributed by atoms with E-state index in [0.717, 1.165) is 0 Å². The predicted octanol–water partition coefficient (Wildman–Crippen LogP) is 5.26. The Labute approximate surface area is 105 Å². The summed E-state index contributed by atoms with van der Waals surface area (Å²) in [6.45, 7) is 2.27. The van der Waals surface area contributed by atoms with Gasteiger partial charge in [-0.3, -0.25) is 0 Å². The third-order valence-corrected chi connectivity index (χ3v) is 4.28. The van der Waals surface area contributed by atoms with Gasteiger partial charge in [-0.15, -0.1) is 11.3 Å². The van der Waals surface area contributed by atoms with Crippen LogP contribution in [0.3, 0.4) is 0 Å². The number of unbranched alkanes of at least 4 members (excludes halogenated alkanes) is 5. The number of halogens is 1. The molecule has 0 amide bonds. The monoisotopic (exact) mass is 322 g/mol. The molecule has 0 saturated heterocycles. The molecule has 0 atom stereocenters. The Morgan fingerprint density at radius 3 is 2.50 bits per heavy atom. The van der Waals surface area contributed by atoms with Gasteiger partial charge in [0.25, 0.3) is 0 Å². The molecule has 0 N–H and O–H groups in total. The molecule has 0 aromatic carbocycles. The minimum Gasteiger partial charge on any atom is -0.137 e. The summed E-state index contributed by atoms with van der Waals surface area (Å²) in [5, 5.41) is 2.30. The van der Waals surface area contributed by atoms with Gasteiger partial charge in [-0.05, 0) is 52.4 Å². The van der Waals surface area contributed by atoms with Gasteiger partial charge in [0.05, 0.1) is 2.88 Å². The SMILES string of the molecule is CCCCCCCCc1csc(I)c1. The van der Waals surface area contributed by atoms with E-state index in [1.807, 2.05) is 11.3 Å². The molecule has 0 aliphatic rings. The summed E-state index contributed by atoms with van der Waals surface area (Å²) >= 11 is 4.26. The lowest BCUT2D eigenvalue weighted by molar-refractivity contribution is 0.608. The quantitative estimate of drug-likeness (QED) is 0.475. The van der Waals surface area contributed by atoms with E-state index in [4.69, 9.17) is 0 Å². The highest BCUT2D eigenvalue weighted by Gasteiger charge is 1.96. The summed E-state index contributed by atoms with van der Waals surface area (Å²) in [4.78, 5) is 0. The van der Waals surface area contributed by atoms with E-state index in [2.05, 4.69) is 41.0 Å². The minimum atomic E-state index is 1.28. The van der Waals surface area contributed by atoms with Crippen molar-refractivity contribution in [3.63, 3.8) is 0 Å². The van der Waals surface area contributed by atoms with Crippen molar-refractivity contribution >= 4 is 33.9 Å². The fraction of sp³-hybridized carbons (Fsp3) is 0.667. The number of hydrogen-bond donors (Lipinski definition) is 0. The van der Waals surface area contributed by atoms with E-state index in [-0.39, 0.29) is 0 Å². The van der Waals surface area contributed by atoms with Crippen molar-refractivity contribution < 1.29 is 0 Å². The van der Waals surface area contributed by atoms with E-state index in [1.165, 1.54) is 53.4 Å². The maximum atomic E-state index is 2.40. The summed E-state index contributed by atoms with van der Waals surface area (Å²) in [6.07, 6.45) is 9.68. The second-order valence-electron chi connectivity index (χ2n) is 3.78. The van der Waals surface area contributed by atoms with E-state index in [1.54, 1.807) is 0 Å². The minimum absolute atomic E-state index is 1.28. The van der Waals surface area contributed by atoms with Crippen LogP contribution in [-0.4, -0.2) is 0 Å². The largest absolute Gasteiger partial charge is 0.137 e. The Hall–Kier alpha value is 0.430. The molecule has 0 bridgehead atoms. The highest BCUT2D eigenvalue weighted by Crippen LogP contribution is 2.18. The molecular weight excluding hydrogens is 303 g/mol. The Bertz CT molecular complexity index is 242. The van der Waals surface area contributed by atoms with Gasteiger partial charge in [0.2, 0.25) is 0 Å². The molecule has 0 saturated carbocycles. The van der Waals surface area contributed by atoms with Crippen LogP contribution >= 0.6 is 33.9 Å². The molecule has 1 rings (SSSR count). The molecule has 14 heavy (non-hydrogen) atoms. The highest BCUT2D eigenvalue weighted by molar-refractivity contribution is 14.1. The molecule has 80 valence electrons. The van der Waals surface area contributed by atoms with Gasteiger partial charge < -0.3 is 0 Å². The van der Waals surface area contributed by atoms with Gasteiger partial charge in [0.15, 0.2) is 0 Å². The maximum absolute atomic E-state index is 2.40. The van der Waals surface area contributed by atoms with Gasteiger partial charge in [-0.1, -0.05) is 39.0 Å². The molecule has 1 aromatic rings. The van der Waals surface area contributed by atoms with Crippen LogP contribution in [0.15, 0.2) is 11.4 Å². The standard InChI is InChI=1S/C12H19IS/c1-2-3-4-5-6-7-8-11-9-12(13)14-10-11/h9-10H,2-8H2,1H3. The van der Waals surface area contributed by atoms with Gasteiger partial charge in [0, 0.05) is 0 Å². The third-order valence-electron chi connectivity index (χ3n) is 2.44. The van der Waals surface area contributed by atoms with Crippen LogP contribution in [0.5, 0.6) is 0 Å². The summed E-state index contributed by atoms with van der Waals surface area (Å²) in [5.41, 5.74) is 1.54. The first-order valence-corrected chi connectivity index (χ1v) is 7.51. The molecule has 0 radical (unpaired) electrons. The highest BCUT2D eigenvalue weighted by atomic mass is 127. The molecular formula is C12H19IS. The number of aryl methyl sites for hydroxylation is 1. The van der Waals surface area contributed by atoms with Gasteiger partial charge in [0.1, 0.15) is 0 Å². The smallest absolute Gasteiger partial charge is 0.0656 e. The fourth-order valence-electron chi connectivity index (χ4n) is 1.59. The van der Waals surface area contributed by atoms with Crippen LogP contribution in [0.2, 0.25) is 0 Å². The first-order chi connectivity index (χ1) is 6.83. The van der Waals surface area contributed by atoms with Crippen LogP contribution < -0.4 is 0 Å². The molecule has 0 aliphatic heterocycles. The zero-order valence-corrected chi connectivity index (χ0v) is 11.9. The van der Waals surface area contributed by atoms with Crippen molar-refractivity contribution in [2.75, 3.05) is 0 Å². The van der Waals surface area contributed by atoms with Gasteiger partial charge in [-0.2, -0.15) is 0 Å². The predicted molar refractivity (Wildman–Crippen MR) is 74.1 cm³/mol. The lowest BCUT2D eigenvalue weighted by atomic mass is 10.1. The van der Waals surface area contributed by atoms with E-state index < -0.39 is 0 Å². The van der Waals surface area contributed by atoms with Crippen molar-refractivity contribution in [2.45, 2.75) is 51.9 Å². The van der Waals surface area contributed by atoms with E-state index in [0.29, 0.717) is 0 Å². The first kappa shape index (κ1) is 12.5. The summed E-state index contributed by atoms with van der Waals surface area (Å²) < 4.78 is 1.42. The topological polar surface area (TPSA) is 0 Å². The van der Waals surface area contributed by atoms with Crippen molar-refractivity contribution in [2.24, 2.45) is 0 Å². The number of hydrogen-bond acceptors (Lipinski definition) is 1. The maximum Gasteiger partial charge on any atom is 0.0656 e. The molecule has 2 heteroatoms. The van der Waals surface area contributed by atoms with Crippen molar-refractivity contribution in [1.82, 2.24) is 0 Å². The zero-order valence-electron chi connectivity index (χ0n) is 8.89. The molecule has 0 aliphatic carbocycles. The lowest BCUT2D eigenvalue weighted by Gasteiger charge is -1.99. The van der Waals surface area contributed by atoms with Gasteiger partial charge in [-0.25, -0.2) is 0 Å². The average Bonchev–Trinajstić information content (AvgIpc) is 2.58. The van der Waals surface area contributed by atoms with Crippen molar-refractivity contribution in [3.8, 4) is 0 Å². The van der Waals surface area contributed by atoms with Crippen LogP contribution in [0, 0.1) is 2.88 Å². The zero-order chi connectivity index (χ0) is 10.2. The van der Waals surface area contributed by atoms with Crippen molar-refractivity contribution in [1.29, 1.82) is 0 Å². The Balaban J connectivity index is 1.99. The van der Waals surface area contributed by atoms with E-state index >= 15 is 0 Å². The third kappa shape index (κ3) is 5.35. The Kier molecular flexibility index (Phi) is 6.86. The molecule has 0 fully saturated rings. The lowest BCUT2D eigenvalue weighted by Crippen LogP contribution is -1.83. The normalized spacial score (nSPS) is 10.7. The molecule has 0 unspecified atom stereocenters. The number of thiophene rings is 1. The average molecular weight is 322 g/mol.